The molecule has 0 radical (unpaired) electrons. The summed E-state index contributed by atoms with van der Waals surface area (Å²) in [6.07, 6.45) is -1.35. The van der Waals surface area contributed by atoms with Crippen molar-refractivity contribution in [3.05, 3.63) is 87.2 Å². The van der Waals surface area contributed by atoms with E-state index in [1.54, 1.807) is 12.1 Å². The van der Waals surface area contributed by atoms with E-state index < -0.39 is 46.6 Å². The van der Waals surface area contributed by atoms with Crippen molar-refractivity contribution in [2.45, 2.75) is 24.9 Å². The first-order valence-electron chi connectivity index (χ1n) is 11.0. The molecule has 1 amide bonds. The van der Waals surface area contributed by atoms with E-state index in [9.17, 15) is 33.1 Å². The fourth-order valence-corrected chi connectivity index (χ4v) is 4.31. The number of rotatable bonds is 6. The number of carbonyl (C=O) groups excluding carboxylic acids is 1. The van der Waals surface area contributed by atoms with Crippen molar-refractivity contribution in [2.75, 3.05) is 5.32 Å². The van der Waals surface area contributed by atoms with E-state index in [2.05, 4.69) is 25.1 Å². The minimum atomic E-state index is -4.83. The summed E-state index contributed by atoms with van der Waals surface area (Å²) in [7, 11) is 2.60. The third kappa shape index (κ3) is 4.73. The Kier molecular flexibility index (Phi) is 6.77. The molecule has 0 spiro atoms. The molecule has 0 aliphatic heterocycles. The van der Waals surface area contributed by atoms with E-state index in [0.717, 1.165) is 15.5 Å². The molecule has 0 fully saturated rings. The van der Waals surface area contributed by atoms with Crippen molar-refractivity contribution < 1.29 is 27.6 Å². The Morgan fingerprint density at radius 2 is 1.95 bits per heavy atom. The second kappa shape index (κ2) is 9.85. The first kappa shape index (κ1) is 26.1. The van der Waals surface area contributed by atoms with Gasteiger partial charge in [-0.15, -0.1) is 0 Å². The number of nitriles is 1. The largest absolute Gasteiger partial charge is 0.501 e. The van der Waals surface area contributed by atoms with Gasteiger partial charge in [0.1, 0.15) is 17.8 Å². The average molecular weight is 527 g/mol. The number of hydrogen-bond acceptors (Lipinski definition) is 8. The molecule has 2 N–H and O–H groups in total. The third-order valence-electron chi connectivity index (χ3n) is 5.99. The summed E-state index contributed by atoms with van der Waals surface area (Å²) in [6, 6.07) is 8.09. The fourth-order valence-electron chi connectivity index (χ4n) is 4.31. The molecular weight excluding hydrogens is 507 g/mol. The van der Waals surface area contributed by atoms with Crippen LogP contribution in [0.2, 0.25) is 0 Å². The topological polar surface area (TPSA) is 152 Å². The normalized spacial score (nSPS) is 13.1. The molecule has 11 nitrogen and oxygen atoms in total. The molecule has 38 heavy (non-hydrogen) atoms. The van der Waals surface area contributed by atoms with Gasteiger partial charge in [0, 0.05) is 37.7 Å². The van der Waals surface area contributed by atoms with E-state index in [1.165, 1.54) is 45.5 Å². The highest BCUT2D eigenvalue weighted by Crippen LogP contribution is 2.44. The summed E-state index contributed by atoms with van der Waals surface area (Å²) in [5, 5.41) is 29.5. The van der Waals surface area contributed by atoms with Gasteiger partial charge < -0.3 is 14.9 Å². The molecule has 0 bridgehead atoms. The highest BCUT2D eigenvalue weighted by atomic mass is 19.4. The van der Waals surface area contributed by atoms with Gasteiger partial charge in [-0.05, 0) is 11.6 Å². The zero-order valence-corrected chi connectivity index (χ0v) is 20.2. The van der Waals surface area contributed by atoms with E-state index in [0.29, 0.717) is 0 Å². The van der Waals surface area contributed by atoms with Crippen LogP contribution in [0.5, 0.6) is 5.75 Å². The van der Waals surface area contributed by atoms with Gasteiger partial charge in [0.2, 0.25) is 5.75 Å². The number of benzene rings is 1. The number of amides is 1. The van der Waals surface area contributed by atoms with Gasteiger partial charge in [-0.1, -0.05) is 30.3 Å². The molecule has 0 aliphatic carbocycles. The SMILES string of the molecule is CC(c1nc(C(=O)Nc2cnoc2)c(O)c(=O)n1C)C(c1ccccc1C#N)c1cn(C)nc1C(F)(F)F. The lowest BCUT2D eigenvalue weighted by Crippen LogP contribution is -2.30. The van der Waals surface area contributed by atoms with Crippen molar-refractivity contribution in [2.24, 2.45) is 14.1 Å². The van der Waals surface area contributed by atoms with Crippen LogP contribution in [0.1, 0.15) is 57.5 Å². The number of hydrogen-bond donors (Lipinski definition) is 2. The van der Waals surface area contributed by atoms with Crippen LogP contribution in [0.25, 0.3) is 0 Å². The number of halogens is 3. The summed E-state index contributed by atoms with van der Waals surface area (Å²) in [4.78, 5) is 29.9. The minimum absolute atomic E-state index is 0.107. The molecule has 2 unspecified atom stereocenters. The van der Waals surface area contributed by atoms with Gasteiger partial charge in [-0.25, -0.2) is 4.98 Å². The zero-order chi connectivity index (χ0) is 27.8. The highest BCUT2D eigenvalue weighted by Gasteiger charge is 2.42. The van der Waals surface area contributed by atoms with Gasteiger partial charge in [0.15, 0.2) is 11.4 Å². The summed E-state index contributed by atoms with van der Waals surface area (Å²) >= 11 is 0. The van der Waals surface area contributed by atoms with Crippen LogP contribution in [-0.4, -0.2) is 35.5 Å². The lowest BCUT2D eigenvalue weighted by atomic mass is 9.79. The average Bonchev–Trinajstić information content (AvgIpc) is 3.52. The Morgan fingerprint density at radius 1 is 1.24 bits per heavy atom. The lowest BCUT2D eigenvalue weighted by Gasteiger charge is -2.27. The summed E-state index contributed by atoms with van der Waals surface area (Å²) in [6.45, 7) is 1.51. The van der Waals surface area contributed by atoms with E-state index in [-0.39, 0.29) is 28.2 Å². The number of nitrogens with one attached hydrogen (secondary N) is 1. The van der Waals surface area contributed by atoms with Gasteiger partial charge in [0.25, 0.3) is 11.5 Å². The zero-order valence-electron chi connectivity index (χ0n) is 20.2. The lowest BCUT2D eigenvalue weighted by molar-refractivity contribution is -0.142. The fraction of sp³-hybridized carbons (Fsp3) is 0.250. The van der Waals surface area contributed by atoms with Gasteiger partial charge >= 0.3 is 6.18 Å². The standard InChI is InChI=1S/C24H20F3N7O4/c1-12(21-31-18(19(35)23(37)34(21)3)22(36)30-14-9-29-38-11-14)17(15-7-5-4-6-13(15)8-28)16-10-33(2)32-20(16)24(25,26)27/h4-7,9-12,17,35H,1-3H3,(H,30,36). The van der Waals surface area contributed by atoms with E-state index >= 15 is 0 Å². The number of aromatic hydroxyl groups is 1. The minimum Gasteiger partial charge on any atom is -0.501 e. The van der Waals surface area contributed by atoms with Crippen LogP contribution in [-0.2, 0) is 20.3 Å². The maximum Gasteiger partial charge on any atom is 0.435 e. The summed E-state index contributed by atoms with van der Waals surface area (Å²) < 4.78 is 48.7. The van der Waals surface area contributed by atoms with Crippen molar-refractivity contribution in [1.82, 2.24) is 24.5 Å². The first-order chi connectivity index (χ1) is 17.9. The Balaban J connectivity index is 1.94. The number of aromatic nitrogens is 5. The highest BCUT2D eigenvalue weighted by molar-refractivity contribution is 6.04. The Labute approximate surface area is 212 Å². The summed E-state index contributed by atoms with van der Waals surface area (Å²) in [5.41, 5.74) is -2.60. The molecule has 0 saturated carbocycles. The predicted molar refractivity (Wildman–Crippen MR) is 125 cm³/mol. The number of alkyl halides is 3. The van der Waals surface area contributed by atoms with Crippen LogP contribution >= 0.6 is 0 Å². The second-order valence-electron chi connectivity index (χ2n) is 8.47. The molecule has 0 aliphatic rings. The van der Waals surface area contributed by atoms with Gasteiger partial charge in [0.05, 0.1) is 17.8 Å². The molecule has 2 atom stereocenters. The Bertz CT molecular complexity index is 1600. The maximum absolute atomic E-state index is 14.0. The summed E-state index contributed by atoms with van der Waals surface area (Å²) in [5.74, 6) is -4.23. The van der Waals surface area contributed by atoms with Crippen LogP contribution in [0.15, 0.2) is 52.2 Å². The molecule has 3 aromatic heterocycles. The number of aryl methyl sites for hydroxylation is 1. The predicted octanol–water partition coefficient (Wildman–Crippen LogP) is 3.29. The number of carbonyl (C=O) groups is 1. The van der Waals surface area contributed by atoms with Crippen LogP contribution < -0.4 is 10.9 Å². The molecule has 1 aromatic carbocycles. The quantitative estimate of drug-likeness (QED) is 0.388. The van der Waals surface area contributed by atoms with Crippen molar-refractivity contribution >= 4 is 11.6 Å². The molecule has 4 rings (SSSR count). The second-order valence-corrected chi connectivity index (χ2v) is 8.47. The van der Waals surface area contributed by atoms with Gasteiger partial charge in [-0.2, -0.15) is 23.5 Å². The Morgan fingerprint density at radius 3 is 2.58 bits per heavy atom. The van der Waals surface area contributed by atoms with E-state index in [4.69, 9.17) is 0 Å². The third-order valence-corrected chi connectivity index (χ3v) is 5.99. The van der Waals surface area contributed by atoms with Crippen molar-refractivity contribution in [3.8, 4) is 11.8 Å². The van der Waals surface area contributed by atoms with Crippen molar-refractivity contribution in [3.63, 3.8) is 0 Å². The molecular formula is C24H20F3N7O4. The van der Waals surface area contributed by atoms with E-state index in [1.807, 2.05) is 6.07 Å². The molecule has 196 valence electrons. The molecule has 0 saturated heterocycles. The smallest absolute Gasteiger partial charge is 0.435 e. The molecule has 14 heteroatoms. The molecule has 4 aromatic rings. The number of nitrogens with zero attached hydrogens (tertiary/aromatic N) is 6. The van der Waals surface area contributed by atoms with Crippen LogP contribution in [0, 0.1) is 11.3 Å². The first-order valence-corrected chi connectivity index (χ1v) is 11.0. The molecule has 3 heterocycles. The van der Waals surface area contributed by atoms with Crippen molar-refractivity contribution in [1.29, 1.82) is 5.26 Å². The maximum atomic E-state index is 14.0. The monoisotopic (exact) mass is 527 g/mol. The number of anilines is 1. The van der Waals surface area contributed by atoms with Crippen LogP contribution in [0.3, 0.4) is 0 Å². The van der Waals surface area contributed by atoms with Gasteiger partial charge in [-0.3, -0.25) is 18.8 Å². The Hall–Kier alpha value is -4.93. The van der Waals surface area contributed by atoms with Crippen LogP contribution in [0.4, 0.5) is 18.9 Å².